The zero-order chi connectivity index (χ0) is 13.2. The fourth-order valence-electron chi connectivity index (χ4n) is 2.43. The molecule has 0 unspecified atom stereocenters. The van der Waals surface area contributed by atoms with Crippen LogP contribution in [0.15, 0.2) is 0 Å². The van der Waals surface area contributed by atoms with E-state index in [0.29, 0.717) is 25.3 Å². The minimum Gasteiger partial charge on any atom is -0.392 e. The van der Waals surface area contributed by atoms with Crippen molar-refractivity contribution in [2.24, 2.45) is 22.8 Å². The molecule has 1 rings (SSSR count). The summed E-state index contributed by atoms with van der Waals surface area (Å²) in [6, 6.07) is 0. The minimum absolute atomic E-state index is 0.0753. The van der Waals surface area contributed by atoms with E-state index in [9.17, 15) is 9.59 Å². The van der Waals surface area contributed by atoms with E-state index in [1.54, 1.807) is 6.92 Å². The van der Waals surface area contributed by atoms with Gasteiger partial charge in [0.2, 0.25) is 11.8 Å². The predicted octanol–water partition coefficient (Wildman–Crippen LogP) is 0.0226. The zero-order valence-corrected chi connectivity index (χ0v) is 11.0. The third kappa shape index (κ3) is 2.57. The number of hydrogen-bond donors (Lipinski definition) is 2. The van der Waals surface area contributed by atoms with E-state index < -0.39 is 11.3 Å². The Morgan fingerprint density at radius 1 is 1.41 bits per heavy atom. The Labute approximate surface area is 107 Å². The summed E-state index contributed by atoms with van der Waals surface area (Å²) in [6.45, 7) is 4.21. The van der Waals surface area contributed by atoms with Gasteiger partial charge in [0.25, 0.3) is 0 Å². The van der Waals surface area contributed by atoms with Crippen LogP contribution in [0.5, 0.6) is 0 Å². The summed E-state index contributed by atoms with van der Waals surface area (Å²) in [5.41, 5.74) is 10.1. The molecule has 0 atom stereocenters. The number of carbonyl (C=O) groups is 2. The van der Waals surface area contributed by atoms with Crippen molar-refractivity contribution in [2.45, 2.75) is 26.7 Å². The number of thiocarbonyl (C=S) groups is 1. The molecule has 6 heteroatoms. The summed E-state index contributed by atoms with van der Waals surface area (Å²) in [4.78, 5) is 24.9. The quantitative estimate of drug-likeness (QED) is 0.680. The molecule has 1 saturated carbocycles. The van der Waals surface area contributed by atoms with Crippen molar-refractivity contribution in [3.05, 3.63) is 0 Å². The summed E-state index contributed by atoms with van der Waals surface area (Å²) in [5.74, 6) is -0.247. The van der Waals surface area contributed by atoms with Gasteiger partial charge in [-0.25, -0.2) is 0 Å². The molecule has 0 spiro atoms. The van der Waals surface area contributed by atoms with E-state index in [-0.39, 0.29) is 17.4 Å². The second-order valence-corrected chi connectivity index (χ2v) is 5.19. The van der Waals surface area contributed by atoms with Crippen molar-refractivity contribution >= 4 is 29.0 Å². The van der Waals surface area contributed by atoms with Gasteiger partial charge in [-0.15, -0.1) is 0 Å². The molecule has 0 heterocycles. The van der Waals surface area contributed by atoms with Crippen molar-refractivity contribution in [1.29, 1.82) is 0 Å². The van der Waals surface area contributed by atoms with Crippen LogP contribution in [0.25, 0.3) is 0 Å². The van der Waals surface area contributed by atoms with E-state index in [2.05, 4.69) is 0 Å². The van der Waals surface area contributed by atoms with Crippen molar-refractivity contribution in [3.63, 3.8) is 0 Å². The summed E-state index contributed by atoms with van der Waals surface area (Å²) in [7, 11) is 0. The number of amides is 2. The zero-order valence-electron chi connectivity index (χ0n) is 10.2. The van der Waals surface area contributed by atoms with Gasteiger partial charge in [-0.2, -0.15) is 0 Å². The Kier molecular flexibility index (Phi) is 4.08. The van der Waals surface area contributed by atoms with Gasteiger partial charge in [0, 0.05) is 6.54 Å². The first-order valence-corrected chi connectivity index (χ1v) is 6.12. The van der Waals surface area contributed by atoms with Gasteiger partial charge in [-0.05, 0) is 25.7 Å². The number of nitrogens with two attached hydrogens (primary N) is 2. The van der Waals surface area contributed by atoms with Crippen LogP contribution >= 0.6 is 12.2 Å². The van der Waals surface area contributed by atoms with Crippen molar-refractivity contribution in [2.75, 3.05) is 13.1 Å². The summed E-state index contributed by atoms with van der Waals surface area (Å²) < 4.78 is 0. The van der Waals surface area contributed by atoms with Crippen LogP contribution in [0.1, 0.15) is 26.7 Å². The summed E-state index contributed by atoms with van der Waals surface area (Å²) in [5, 5.41) is 0. The molecule has 0 aliphatic heterocycles. The van der Waals surface area contributed by atoms with Gasteiger partial charge in [-0.3, -0.25) is 9.59 Å². The minimum atomic E-state index is -0.750. The van der Waals surface area contributed by atoms with Crippen molar-refractivity contribution < 1.29 is 9.59 Å². The lowest BCUT2D eigenvalue weighted by Crippen LogP contribution is -2.58. The molecule has 1 aliphatic carbocycles. The lowest BCUT2D eigenvalue weighted by molar-refractivity contribution is -0.146. The molecule has 0 saturated heterocycles. The number of rotatable bonds is 5. The van der Waals surface area contributed by atoms with Gasteiger partial charge in [0.15, 0.2) is 0 Å². The first-order valence-electron chi connectivity index (χ1n) is 5.71. The number of carbonyl (C=O) groups excluding carboxylic acids is 2. The van der Waals surface area contributed by atoms with E-state index >= 15 is 0 Å². The molecule has 17 heavy (non-hydrogen) atoms. The van der Waals surface area contributed by atoms with Gasteiger partial charge in [0.05, 0.1) is 16.9 Å². The largest absolute Gasteiger partial charge is 0.392 e. The normalized spacial score (nSPS) is 27.1. The fourth-order valence-corrected chi connectivity index (χ4v) is 2.68. The molecule has 5 nitrogen and oxygen atoms in total. The van der Waals surface area contributed by atoms with Crippen LogP contribution in [-0.2, 0) is 9.59 Å². The SMILES string of the molecule is CCN(CC(N)=O)C(=O)C1(C(N)=S)CC(C)C1. The van der Waals surface area contributed by atoms with Crippen LogP contribution in [0.4, 0.5) is 0 Å². The molecule has 4 N–H and O–H groups in total. The maximum absolute atomic E-state index is 12.4. The van der Waals surface area contributed by atoms with Crippen LogP contribution in [0, 0.1) is 11.3 Å². The number of nitrogens with zero attached hydrogens (tertiary/aromatic N) is 1. The van der Waals surface area contributed by atoms with Crippen LogP contribution < -0.4 is 11.5 Å². The summed E-state index contributed by atoms with van der Waals surface area (Å²) in [6.07, 6.45) is 1.33. The lowest BCUT2D eigenvalue weighted by atomic mass is 9.61. The first-order chi connectivity index (χ1) is 7.83. The Morgan fingerprint density at radius 3 is 2.24 bits per heavy atom. The van der Waals surface area contributed by atoms with Crippen molar-refractivity contribution in [1.82, 2.24) is 4.90 Å². The van der Waals surface area contributed by atoms with Gasteiger partial charge in [-0.1, -0.05) is 19.1 Å². The van der Waals surface area contributed by atoms with Crippen LogP contribution in [-0.4, -0.2) is 34.8 Å². The second kappa shape index (κ2) is 5.00. The number of primary amides is 1. The van der Waals surface area contributed by atoms with E-state index in [4.69, 9.17) is 23.7 Å². The average molecular weight is 257 g/mol. The Morgan fingerprint density at radius 2 is 1.94 bits per heavy atom. The Bertz CT molecular complexity index is 351. The first kappa shape index (κ1) is 13.9. The van der Waals surface area contributed by atoms with Gasteiger partial charge >= 0.3 is 0 Å². The molecule has 0 aromatic heterocycles. The highest BCUT2D eigenvalue weighted by molar-refractivity contribution is 7.80. The van der Waals surface area contributed by atoms with E-state index in [1.165, 1.54) is 4.90 Å². The maximum Gasteiger partial charge on any atom is 0.237 e. The molecule has 1 fully saturated rings. The van der Waals surface area contributed by atoms with Crippen LogP contribution in [0.3, 0.4) is 0 Å². The van der Waals surface area contributed by atoms with E-state index in [1.807, 2.05) is 6.92 Å². The molecule has 96 valence electrons. The molecule has 0 aromatic carbocycles. The van der Waals surface area contributed by atoms with Gasteiger partial charge < -0.3 is 16.4 Å². The average Bonchev–Trinajstić information content (AvgIpc) is 2.19. The molecule has 0 bridgehead atoms. The molecule has 2 amide bonds. The highest BCUT2D eigenvalue weighted by Crippen LogP contribution is 2.47. The molecule has 0 radical (unpaired) electrons. The second-order valence-electron chi connectivity index (χ2n) is 4.75. The highest BCUT2D eigenvalue weighted by Gasteiger charge is 2.52. The highest BCUT2D eigenvalue weighted by atomic mass is 32.1. The molecular formula is C11H19N3O2S. The van der Waals surface area contributed by atoms with Gasteiger partial charge in [0.1, 0.15) is 0 Å². The number of likely N-dealkylation sites (N-methyl/N-ethyl adjacent to an activating group) is 1. The summed E-state index contributed by atoms with van der Waals surface area (Å²) >= 11 is 5.00. The molecule has 0 aromatic rings. The molecule has 1 aliphatic rings. The lowest BCUT2D eigenvalue weighted by Gasteiger charge is -2.46. The Hall–Kier alpha value is -1.17. The predicted molar refractivity (Wildman–Crippen MR) is 69.1 cm³/mol. The van der Waals surface area contributed by atoms with Crippen molar-refractivity contribution in [3.8, 4) is 0 Å². The van der Waals surface area contributed by atoms with Crippen LogP contribution in [0.2, 0.25) is 0 Å². The Balaban J connectivity index is 2.85. The topological polar surface area (TPSA) is 89.4 Å². The molecular weight excluding hydrogens is 238 g/mol. The maximum atomic E-state index is 12.4. The fraction of sp³-hybridized carbons (Fsp3) is 0.727. The third-order valence-corrected chi connectivity index (χ3v) is 3.68. The standard InChI is InChI=1S/C11H19N3O2S/c1-3-14(6-8(12)15)10(16)11(9(13)17)4-7(2)5-11/h7H,3-6H2,1-2H3,(H2,12,15)(H2,13,17). The van der Waals surface area contributed by atoms with E-state index in [0.717, 1.165) is 0 Å². The number of hydrogen-bond acceptors (Lipinski definition) is 3. The third-order valence-electron chi connectivity index (χ3n) is 3.29. The smallest absolute Gasteiger partial charge is 0.237 e. The monoisotopic (exact) mass is 257 g/mol.